The van der Waals surface area contributed by atoms with Gasteiger partial charge in [-0.2, -0.15) is 0 Å². The lowest BCUT2D eigenvalue weighted by molar-refractivity contribution is -0.132. The molecule has 0 saturated carbocycles. The second-order valence-corrected chi connectivity index (χ2v) is 6.40. The molecule has 1 N–H and O–H groups in total. The zero-order chi connectivity index (χ0) is 16.7. The standard InChI is InChI=1S/C16H13N3O4S/c1-16(12-5-3-7-23-12)14(20)19(15(21)18-16)8-10-9-24-13(17-10)11-4-2-6-22-11/h2-7,9H,8H2,1H3,(H,18,21). The molecule has 0 aliphatic carbocycles. The monoisotopic (exact) mass is 343 g/mol. The Hall–Kier alpha value is -2.87. The Balaban J connectivity index is 1.57. The number of hydrogen-bond donors (Lipinski definition) is 1. The molecule has 8 heteroatoms. The molecule has 4 heterocycles. The fourth-order valence-corrected chi connectivity index (χ4v) is 3.40. The van der Waals surface area contributed by atoms with Crippen LogP contribution in [0.25, 0.3) is 10.8 Å². The van der Waals surface area contributed by atoms with Crippen molar-refractivity contribution in [2.75, 3.05) is 0 Å². The van der Waals surface area contributed by atoms with Crippen molar-refractivity contribution in [1.82, 2.24) is 15.2 Å². The summed E-state index contributed by atoms with van der Waals surface area (Å²) in [6, 6.07) is 6.47. The number of amides is 3. The van der Waals surface area contributed by atoms with Crippen LogP contribution in [0.5, 0.6) is 0 Å². The quantitative estimate of drug-likeness (QED) is 0.736. The van der Waals surface area contributed by atoms with Crippen molar-refractivity contribution >= 4 is 23.3 Å². The molecule has 1 fully saturated rings. The number of hydrogen-bond acceptors (Lipinski definition) is 6. The second-order valence-electron chi connectivity index (χ2n) is 5.55. The SMILES string of the molecule is CC1(c2ccco2)NC(=O)N(Cc2csc(-c3ccco3)n2)C1=O. The topological polar surface area (TPSA) is 88.6 Å². The minimum atomic E-state index is -1.19. The van der Waals surface area contributed by atoms with Crippen molar-refractivity contribution in [1.29, 1.82) is 0 Å². The summed E-state index contributed by atoms with van der Waals surface area (Å²) in [6.45, 7) is 1.72. The predicted octanol–water partition coefficient (Wildman–Crippen LogP) is 2.96. The number of carbonyl (C=O) groups excluding carboxylic acids is 2. The minimum absolute atomic E-state index is 0.0954. The number of thiazole rings is 1. The molecular weight excluding hydrogens is 330 g/mol. The summed E-state index contributed by atoms with van der Waals surface area (Å²) < 4.78 is 10.6. The molecule has 122 valence electrons. The van der Waals surface area contributed by atoms with E-state index in [1.807, 2.05) is 6.07 Å². The molecule has 1 aliphatic rings. The summed E-state index contributed by atoms with van der Waals surface area (Å²) in [7, 11) is 0. The van der Waals surface area contributed by atoms with E-state index in [2.05, 4.69) is 10.3 Å². The summed E-state index contributed by atoms with van der Waals surface area (Å²) in [6.07, 6.45) is 3.04. The third-order valence-electron chi connectivity index (χ3n) is 3.89. The summed E-state index contributed by atoms with van der Waals surface area (Å²) in [5.74, 6) is 0.691. The molecule has 3 amide bonds. The van der Waals surface area contributed by atoms with Crippen LogP contribution in [0.4, 0.5) is 4.79 Å². The van der Waals surface area contributed by atoms with Crippen LogP contribution in [-0.2, 0) is 16.9 Å². The first-order chi connectivity index (χ1) is 11.6. The van der Waals surface area contributed by atoms with Gasteiger partial charge in [0.25, 0.3) is 5.91 Å². The van der Waals surface area contributed by atoms with E-state index >= 15 is 0 Å². The van der Waals surface area contributed by atoms with Crippen molar-refractivity contribution in [3.63, 3.8) is 0 Å². The van der Waals surface area contributed by atoms with Gasteiger partial charge in [-0.25, -0.2) is 9.78 Å². The van der Waals surface area contributed by atoms with Crippen LogP contribution in [0.2, 0.25) is 0 Å². The first kappa shape index (κ1) is 14.7. The Morgan fingerprint density at radius 1 is 1.25 bits per heavy atom. The summed E-state index contributed by atoms with van der Waals surface area (Å²) in [5, 5.41) is 5.20. The van der Waals surface area contributed by atoms with Crippen LogP contribution in [-0.4, -0.2) is 21.8 Å². The molecule has 1 unspecified atom stereocenters. The maximum atomic E-state index is 12.7. The third-order valence-corrected chi connectivity index (χ3v) is 4.80. The second kappa shape index (κ2) is 5.34. The predicted molar refractivity (Wildman–Crippen MR) is 85.0 cm³/mol. The maximum Gasteiger partial charge on any atom is 0.325 e. The zero-order valence-corrected chi connectivity index (χ0v) is 13.5. The molecular formula is C16H13N3O4S. The van der Waals surface area contributed by atoms with Gasteiger partial charge in [-0.3, -0.25) is 9.69 Å². The van der Waals surface area contributed by atoms with Crippen LogP contribution < -0.4 is 5.32 Å². The lowest BCUT2D eigenvalue weighted by Gasteiger charge is -2.18. The number of imide groups is 1. The Bertz CT molecular complexity index is 884. The molecule has 0 bridgehead atoms. The van der Waals surface area contributed by atoms with Gasteiger partial charge >= 0.3 is 6.03 Å². The minimum Gasteiger partial charge on any atom is -0.466 e. The zero-order valence-electron chi connectivity index (χ0n) is 12.7. The molecule has 0 radical (unpaired) electrons. The number of carbonyl (C=O) groups is 2. The number of furan rings is 2. The molecule has 1 atom stereocenters. The number of urea groups is 1. The van der Waals surface area contributed by atoms with Crippen molar-refractivity contribution in [3.8, 4) is 10.8 Å². The van der Waals surface area contributed by atoms with Gasteiger partial charge in [-0.15, -0.1) is 11.3 Å². The van der Waals surface area contributed by atoms with E-state index in [-0.39, 0.29) is 12.5 Å². The fraction of sp³-hybridized carbons (Fsp3) is 0.188. The van der Waals surface area contributed by atoms with Crippen LogP contribution in [0, 0.1) is 0 Å². The molecule has 24 heavy (non-hydrogen) atoms. The molecule has 1 saturated heterocycles. The number of aromatic nitrogens is 1. The molecule has 7 nitrogen and oxygen atoms in total. The van der Waals surface area contributed by atoms with E-state index in [1.54, 1.807) is 36.8 Å². The highest BCUT2D eigenvalue weighted by Crippen LogP contribution is 2.31. The van der Waals surface area contributed by atoms with Crippen molar-refractivity contribution in [2.45, 2.75) is 19.0 Å². The maximum absolute atomic E-state index is 12.7. The lowest BCUT2D eigenvalue weighted by atomic mass is 9.99. The number of nitrogens with one attached hydrogen (secondary N) is 1. The van der Waals surface area contributed by atoms with Gasteiger partial charge in [0, 0.05) is 5.38 Å². The molecule has 4 rings (SSSR count). The summed E-state index contributed by atoms with van der Waals surface area (Å²) >= 11 is 1.40. The van der Waals surface area contributed by atoms with Gasteiger partial charge < -0.3 is 14.2 Å². The van der Waals surface area contributed by atoms with Gasteiger partial charge in [0.15, 0.2) is 16.3 Å². The van der Waals surface area contributed by atoms with Gasteiger partial charge in [0.2, 0.25) is 0 Å². The molecule has 3 aromatic rings. The van der Waals surface area contributed by atoms with E-state index in [0.717, 1.165) is 4.90 Å². The Labute approximate surface area is 140 Å². The van der Waals surface area contributed by atoms with E-state index in [9.17, 15) is 9.59 Å². The first-order valence-electron chi connectivity index (χ1n) is 7.24. The van der Waals surface area contributed by atoms with Crippen LogP contribution in [0.1, 0.15) is 18.4 Å². The Morgan fingerprint density at radius 2 is 2.04 bits per heavy atom. The van der Waals surface area contributed by atoms with E-state index < -0.39 is 11.6 Å². The van der Waals surface area contributed by atoms with Crippen molar-refractivity contribution < 1.29 is 18.4 Å². The normalized spacial score (nSPS) is 20.6. The summed E-state index contributed by atoms with van der Waals surface area (Å²) in [5.41, 5.74) is -0.570. The average molecular weight is 343 g/mol. The molecule has 1 aliphatic heterocycles. The van der Waals surface area contributed by atoms with Gasteiger partial charge in [-0.1, -0.05) is 0 Å². The van der Waals surface area contributed by atoms with E-state index in [0.29, 0.717) is 22.2 Å². The van der Waals surface area contributed by atoms with Crippen molar-refractivity contribution in [3.05, 3.63) is 53.6 Å². The highest BCUT2D eigenvalue weighted by molar-refractivity contribution is 7.13. The highest BCUT2D eigenvalue weighted by atomic mass is 32.1. The fourth-order valence-electron chi connectivity index (χ4n) is 2.63. The highest BCUT2D eigenvalue weighted by Gasteiger charge is 2.51. The van der Waals surface area contributed by atoms with Gasteiger partial charge in [0.05, 0.1) is 24.8 Å². The number of rotatable bonds is 4. The van der Waals surface area contributed by atoms with Gasteiger partial charge in [-0.05, 0) is 31.2 Å². The third kappa shape index (κ3) is 2.23. The van der Waals surface area contributed by atoms with E-state index in [1.165, 1.54) is 17.6 Å². The lowest BCUT2D eigenvalue weighted by Crippen LogP contribution is -2.40. The molecule has 0 aromatic carbocycles. The van der Waals surface area contributed by atoms with Gasteiger partial charge in [0.1, 0.15) is 5.76 Å². The van der Waals surface area contributed by atoms with Crippen LogP contribution in [0.15, 0.2) is 51.0 Å². The molecule has 3 aromatic heterocycles. The average Bonchev–Trinajstić information content (AvgIpc) is 3.34. The smallest absolute Gasteiger partial charge is 0.325 e. The Kier molecular flexibility index (Phi) is 3.27. The largest absolute Gasteiger partial charge is 0.466 e. The van der Waals surface area contributed by atoms with Crippen LogP contribution in [0.3, 0.4) is 0 Å². The van der Waals surface area contributed by atoms with Crippen molar-refractivity contribution in [2.24, 2.45) is 0 Å². The first-order valence-corrected chi connectivity index (χ1v) is 8.12. The summed E-state index contributed by atoms with van der Waals surface area (Å²) in [4.78, 5) is 30.5. The number of nitrogens with zero attached hydrogens (tertiary/aromatic N) is 2. The van der Waals surface area contributed by atoms with Crippen LogP contribution >= 0.6 is 11.3 Å². The Morgan fingerprint density at radius 3 is 2.75 bits per heavy atom. The molecule has 0 spiro atoms. The van der Waals surface area contributed by atoms with E-state index in [4.69, 9.17) is 8.83 Å².